The Labute approximate surface area is 359 Å². The normalized spacial score (nSPS) is 11.2. The number of rotatable bonds is 9. The molecule has 0 spiro atoms. The molecule has 0 saturated carbocycles. The van der Waals surface area contributed by atoms with Gasteiger partial charge in [0, 0.05) is 33.5 Å². The molecule has 0 aliphatic rings. The van der Waals surface area contributed by atoms with E-state index in [0.29, 0.717) is 17.5 Å². The lowest BCUT2D eigenvalue weighted by Gasteiger charge is -2.26. The minimum Gasteiger partial charge on any atom is -0.456 e. The number of nitrogens with zero attached hydrogens (tertiary/aromatic N) is 4. The molecular weight excluding hydrogens is 757 g/mol. The van der Waals surface area contributed by atoms with Crippen LogP contribution in [0.1, 0.15) is 0 Å². The fraction of sp³-hybridized carbons (Fsp3) is 0. The number of hydrogen-bond donors (Lipinski definition) is 0. The molecule has 5 nitrogen and oxygen atoms in total. The third-order valence-corrected chi connectivity index (χ3v) is 11.3. The second-order valence-electron chi connectivity index (χ2n) is 15.2. The number of aromatic nitrogens is 3. The standard InChI is InChI=1S/C57H38N4O/c1-5-16-39(17-6-1)42-30-33-49(34-31-42)61(48-26-11-4-12-27-48)51-28-15-29-52-54(51)50-35-32-47(38-53(50)62-52)57-59-55(45-24-13-22-43(36-45)40-18-7-2-8-19-40)58-56(60-57)46-25-14-23-44(37-46)41-20-9-3-10-21-41/h1-38H. The van der Waals surface area contributed by atoms with E-state index in [0.717, 1.165) is 77.9 Å². The summed E-state index contributed by atoms with van der Waals surface area (Å²) < 4.78 is 6.72. The summed E-state index contributed by atoms with van der Waals surface area (Å²) in [6.07, 6.45) is 0. The van der Waals surface area contributed by atoms with Gasteiger partial charge >= 0.3 is 0 Å². The quantitative estimate of drug-likeness (QED) is 0.146. The van der Waals surface area contributed by atoms with Gasteiger partial charge in [0.2, 0.25) is 0 Å². The summed E-state index contributed by atoms with van der Waals surface area (Å²) >= 11 is 0. The average molecular weight is 795 g/mol. The molecule has 0 amide bonds. The largest absolute Gasteiger partial charge is 0.456 e. The second-order valence-corrected chi connectivity index (χ2v) is 15.2. The maximum absolute atomic E-state index is 6.72. The van der Waals surface area contributed by atoms with Crippen LogP contribution in [0.3, 0.4) is 0 Å². The van der Waals surface area contributed by atoms with Crippen molar-refractivity contribution in [2.24, 2.45) is 0 Å². The molecule has 0 N–H and O–H groups in total. The highest BCUT2D eigenvalue weighted by atomic mass is 16.3. The third-order valence-electron chi connectivity index (χ3n) is 11.3. The van der Waals surface area contributed by atoms with Crippen LogP contribution >= 0.6 is 0 Å². The average Bonchev–Trinajstić information content (AvgIpc) is 3.74. The van der Waals surface area contributed by atoms with Gasteiger partial charge in [-0.1, -0.05) is 170 Å². The zero-order valence-corrected chi connectivity index (χ0v) is 33.6. The molecule has 0 unspecified atom stereocenters. The number of furan rings is 1. The molecule has 0 radical (unpaired) electrons. The Morgan fingerprint density at radius 1 is 0.290 bits per heavy atom. The van der Waals surface area contributed by atoms with Crippen molar-refractivity contribution in [2.75, 3.05) is 4.90 Å². The van der Waals surface area contributed by atoms with Crippen LogP contribution in [0.5, 0.6) is 0 Å². The molecule has 0 aliphatic heterocycles. The Morgan fingerprint density at radius 3 is 1.24 bits per heavy atom. The van der Waals surface area contributed by atoms with Crippen LogP contribution in [0.25, 0.3) is 89.5 Å². The third kappa shape index (κ3) is 7.08. The topological polar surface area (TPSA) is 55.1 Å². The van der Waals surface area contributed by atoms with Crippen LogP contribution in [-0.2, 0) is 0 Å². The highest BCUT2D eigenvalue weighted by Gasteiger charge is 2.21. The van der Waals surface area contributed by atoms with Crippen molar-refractivity contribution in [1.82, 2.24) is 15.0 Å². The summed E-state index contributed by atoms with van der Waals surface area (Å²) in [4.78, 5) is 17.7. The Balaban J connectivity index is 1.04. The number of para-hydroxylation sites is 1. The monoisotopic (exact) mass is 794 g/mol. The van der Waals surface area contributed by atoms with Crippen molar-refractivity contribution >= 4 is 39.0 Å². The lowest BCUT2D eigenvalue weighted by Crippen LogP contribution is -2.10. The van der Waals surface area contributed by atoms with Crippen LogP contribution in [-0.4, -0.2) is 15.0 Å². The van der Waals surface area contributed by atoms with Gasteiger partial charge in [-0.2, -0.15) is 0 Å². The molecule has 62 heavy (non-hydrogen) atoms. The smallest absolute Gasteiger partial charge is 0.164 e. The Hall–Kier alpha value is -8.41. The lowest BCUT2D eigenvalue weighted by molar-refractivity contribution is 0.669. The van der Waals surface area contributed by atoms with Crippen molar-refractivity contribution in [1.29, 1.82) is 0 Å². The van der Waals surface area contributed by atoms with Gasteiger partial charge in [0.1, 0.15) is 11.2 Å². The maximum atomic E-state index is 6.72. The molecule has 9 aromatic carbocycles. The molecule has 2 aromatic heterocycles. The van der Waals surface area contributed by atoms with Gasteiger partial charge in [-0.3, -0.25) is 0 Å². The molecule has 11 aromatic rings. The summed E-state index contributed by atoms with van der Waals surface area (Å²) in [5.41, 5.74) is 14.1. The summed E-state index contributed by atoms with van der Waals surface area (Å²) in [5.74, 6) is 1.75. The number of hydrogen-bond acceptors (Lipinski definition) is 5. The van der Waals surface area contributed by atoms with Gasteiger partial charge in [0.25, 0.3) is 0 Å². The van der Waals surface area contributed by atoms with E-state index >= 15 is 0 Å². The van der Waals surface area contributed by atoms with Crippen LogP contribution in [0, 0.1) is 0 Å². The van der Waals surface area contributed by atoms with Gasteiger partial charge in [0.05, 0.1) is 11.1 Å². The lowest BCUT2D eigenvalue weighted by atomic mass is 10.0. The van der Waals surface area contributed by atoms with E-state index in [1.165, 1.54) is 11.1 Å². The van der Waals surface area contributed by atoms with Gasteiger partial charge in [0.15, 0.2) is 17.5 Å². The highest BCUT2D eigenvalue weighted by Crippen LogP contribution is 2.44. The zero-order valence-electron chi connectivity index (χ0n) is 33.6. The summed E-state index contributed by atoms with van der Waals surface area (Å²) in [6.45, 7) is 0. The first-order valence-electron chi connectivity index (χ1n) is 20.8. The predicted octanol–water partition coefficient (Wildman–Crippen LogP) is 15.2. The zero-order chi connectivity index (χ0) is 41.2. The molecule has 0 fully saturated rings. The van der Waals surface area contributed by atoms with E-state index in [-0.39, 0.29) is 0 Å². The number of benzene rings is 9. The summed E-state index contributed by atoms with van der Waals surface area (Å²) in [6, 6.07) is 79.8. The Bertz CT molecular complexity index is 3230. The maximum Gasteiger partial charge on any atom is 0.164 e. The molecule has 11 rings (SSSR count). The summed E-state index contributed by atoms with van der Waals surface area (Å²) in [7, 11) is 0. The van der Waals surface area contributed by atoms with E-state index < -0.39 is 0 Å². The predicted molar refractivity (Wildman–Crippen MR) is 254 cm³/mol. The van der Waals surface area contributed by atoms with Crippen molar-refractivity contribution < 1.29 is 4.42 Å². The first kappa shape index (κ1) is 36.7. The molecule has 292 valence electrons. The van der Waals surface area contributed by atoms with Gasteiger partial charge in [-0.05, 0) is 94.0 Å². The van der Waals surface area contributed by atoms with Crippen molar-refractivity contribution in [3.8, 4) is 67.5 Å². The van der Waals surface area contributed by atoms with E-state index in [9.17, 15) is 0 Å². The van der Waals surface area contributed by atoms with Crippen molar-refractivity contribution in [3.05, 3.63) is 231 Å². The van der Waals surface area contributed by atoms with Gasteiger partial charge in [-0.25, -0.2) is 15.0 Å². The van der Waals surface area contributed by atoms with Crippen LogP contribution < -0.4 is 4.90 Å². The van der Waals surface area contributed by atoms with E-state index in [1.54, 1.807) is 0 Å². The molecule has 0 atom stereocenters. The van der Waals surface area contributed by atoms with Gasteiger partial charge < -0.3 is 9.32 Å². The van der Waals surface area contributed by atoms with Crippen LogP contribution in [0.2, 0.25) is 0 Å². The molecule has 0 bridgehead atoms. The fourth-order valence-corrected chi connectivity index (χ4v) is 8.27. The first-order chi connectivity index (χ1) is 30.7. The molecular formula is C57H38N4O. The first-order valence-corrected chi connectivity index (χ1v) is 20.8. The fourth-order valence-electron chi connectivity index (χ4n) is 8.27. The Kier molecular flexibility index (Phi) is 9.45. The van der Waals surface area contributed by atoms with E-state index in [2.05, 4.69) is 205 Å². The van der Waals surface area contributed by atoms with Crippen LogP contribution in [0.4, 0.5) is 17.1 Å². The number of fused-ring (bicyclic) bond motifs is 3. The van der Waals surface area contributed by atoms with Crippen molar-refractivity contribution in [3.63, 3.8) is 0 Å². The van der Waals surface area contributed by atoms with E-state index in [4.69, 9.17) is 19.4 Å². The number of anilines is 3. The van der Waals surface area contributed by atoms with Gasteiger partial charge in [-0.15, -0.1) is 0 Å². The Morgan fingerprint density at radius 2 is 0.694 bits per heavy atom. The molecule has 2 heterocycles. The molecule has 5 heteroatoms. The van der Waals surface area contributed by atoms with Crippen molar-refractivity contribution in [2.45, 2.75) is 0 Å². The van der Waals surface area contributed by atoms with E-state index in [1.807, 2.05) is 30.3 Å². The second kappa shape index (κ2) is 16.0. The van der Waals surface area contributed by atoms with Crippen LogP contribution in [0.15, 0.2) is 235 Å². The minimum atomic E-state index is 0.562. The highest BCUT2D eigenvalue weighted by molar-refractivity contribution is 6.14. The summed E-state index contributed by atoms with van der Waals surface area (Å²) in [5, 5.41) is 2.03. The SMILES string of the molecule is c1ccc(-c2ccc(N(c3ccccc3)c3cccc4oc5cc(-c6nc(-c7cccc(-c8ccccc8)c7)nc(-c7cccc(-c8ccccc8)c7)n6)ccc5c34)cc2)cc1. The molecule has 0 aliphatic carbocycles. The minimum absolute atomic E-state index is 0.562. The molecule has 0 saturated heterocycles.